The largest absolute Gasteiger partial charge is 0.479 e. The van der Waals surface area contributed by atoms with Gasteiger partial charge in [-0.1, -0.05) is 15.9 Å². The molecule has 0 saturated carbocycles. The molecule has 0 heterocycles. The van der Waals surface area contributed by atoms with Crippen molar-refractivity contribution in [3.05, 3.63) is 0 Å². The van der Waals surface area contributed by atoms with E-state index in [0.717, 1.165) is 0 Å². The molecule has 0 saturated heterocycles. The van der Waals surface area contributed by atoms with Crippen molar-refractivity contribution in [1.82, 2.24) is 0 Å². The predicted octanol–water partition coefficient (Wildman–Crippen LogP) is 0.217. The van der Waals surface area contributed by atoms with E-state index in [1.54, 1.807) is 0 Å². The number of rotatable bonds is 3. The van der Waals surface area contributed by atoms with Gasteiger partial charge in [0.25, 0.3) is 0 Å². The van der Waals surface area contributed by atoms with Gasteiger partial charge in [0, 0.05) is 5.33 Å². The van der Waals surface area contributed by atoms with Crippen LogP contribution in [0, 0.1) is 0 Å². The Morgan fingerprint density at radius 1 is 1.75 bits per heavy atom. The Hall–Kier alpha value is -0.0900. The van der Waals surface area contributed by atoms with E-state index >= 15 is 0 Å². The van der Waals surface area contributed by atoms with Gasteiger partial charge in [0.05, 0.1) is 0 Å². The number of carboxylic acids is 1. The first kappa shape index (κ1) is 7.91. The van der Waals surface area contributed by atoms with Crippen LogP contribution in [-0.2, 0) is 4.79 Å². The number of carbonyl (C=O) groups is 1. The van der Waals surface area contributed by atoms with Gasteiger partial charge in [0.1, 0.15) is 0 Å². The van der Waals surface area contributed by atoms with Gasteiger partial charge in [-0.05, 0) is 6.42 Å². The van der Waals surface area contributed by atoms with Gasteiger partial charge in [-0.3, -0.25) is 0 Å². The summed E-state index contributed by atoms with van der Waals surface area (Å²) in [5, 5.41) is 17.1. The molecule has 0 aromatic heterocycles. The molecule has 0 aliphatic heterocycles. The number of halogens is 1. The fourth-order valence-electron chi connectivity index (χ4n) is 0.227. The van der Waals surface area contributed by atoms with Crippen molar-refractivity contribution in [2.75, 3.05) is 5.33 Å². The Bertz CT molecular complexity index is 83.4. The first-order chi connectivity index (χ1) is 3.68. The van der Waals surface area contributed by atoms with Crippen molar-refractivity contribution in [3.63, 3.8) is 0 Å². The summed E-state index contributed by atoms with van der Waals surface area (Å²) in [7, 11) is 0. The lowest BCUT2D eigenvalue weighted by molar-refractivity contribution is -0.146. The molecule has 0 bridgehead atoms. The highest BCUT2D eigenvalue weighted by Crippen LogP contribution is 1.94. The summed E-state index contributed by atoms with van der Waals surface area (Å²) in [6.45, 7) is 0. The summed E-state index contributed by atoms with van der Waals surface area (Å²) in [6, 6.07) is 0. The van der Waals surface area contributed by atoms with Gasteiger partial charge in [-0.25, -0.2) is 4.79 Å². The first-order valence-corrected chi connectivity index (χ1v) is 3.27. The molecule has 0 radical (unpaired) electrons. The lowest BCUT2D eigenvalue weighted by atomic mass is 10.3. The molecule has 3 nitrogen and oxygen atoms in total. The van der Waals surface area contributed by atoms with Crippen LogP contribution in [0.5, 0.6) is 0 Å². The molecule has 0 aliphatic rings. The van der Waals surface area contributed by atoms with Gasteiger partial charge in [0.15, 0.2) is 6.10 Å². The number of aliphatic hydroxyl groups excluding tert-OH is 1. The van der Waals surface area contributed by atoms with Crippen LogP contribution in [-0.4, -0.2) is 27.6 Å². The average molecular weight is 183 g/mol. The van der Waals surface area contributed by atoms with E-state index in [4.69, 9.17) is 10.2 Å². The normalized spacial score (nSPS) is 13.2. The minimum absolute atomic E-state index is 0.259. The lowest BCUT2D eigenvalue weighted by Gasteiger charge is -1.98. The zero-order chi connectivity index (χ0) is 6.57. The standard InChI is InChI=1S/C4H7BrO3/c5-2-1-3(6)4(7)8/h3,6H,1-2H2,(H,7,8)/t3-/m0/s1. The molecule has 2 N–H and O–H groups in total. The summed E-state index contributed by atoms with van der Waals surface area (Å²) in [5.74, 6) is -1.16. The molecular weight excluding hydrogens is 176 g/mol. The van der Waals surface area contributed by atoms with E-state index in [9.17, 15) is 4.79 Å². The number of alkyl halides is 1. The lowest BCUT2D eigenvalue weighted by Crippen LogP contribution is -2.19. The maximum Gasteiger partial charge on any atom is 0.332 e. The van der Waals surface area contributed by atoms with Gasteiger partial charge >= 0.3 is 5.97 Å². The van der Waals surface area contributed by atoms with Gasteiger partial charge in [-0.15, -0.1) is 0 Å². The molecule has 0 aromatic carbocycles. The predicted molar refractivity (Wildman–Crippen MR) is 32.1 cm³/mol. The van der Waals surface area contributed by atoms with Crippen LogP contribution in [0.1, 0.15) is 6.42 Å². The zero-order valence-electron chi connectivity index (χ0n) is 4.17. The Morgan fingerprint density at radius 3 is 2.38 bits per heavy atom. The number of aliphatic carboxylic acids is 1. The monoisotopic (exact) mass is 182 g/mol. The summed E-state index contributed by atoms with van der Waals surface area (Å²) in [6.07, 6.45) is -0.954. The van der Waals surface area contributed by atoms with E-state index < -0.39 is 12.1 Å². The molecule has 0 spiro atoms. The van der Waals surface area contributed by atoms with Crippen LogP contribution < -0.4 is 0 Å². The highest BCUT2D eigenvalue weighted by Gasteiger charge is 2.10. The SMILES string of the molecule is O=C(O)[C@@H](O)CCBr. The smallest absolute Gasteiger partial charge is 0.332 e. The van der Waals surface area contributed by atoms with Crippen LogP contribution in [0.15, 0.2) is 0 Å². The van der Waals surface area contributed by atoms with Crippen molar-refractivity contribution >= 4 is 21.9 Å². The van der Waals surface area contributed by atoms with E-state index in [-0.39, 0.29) is 6.42 Å². The van der Waals surface area contributed by atoms with Gasteiger partial charge in [0.2, 0.25) is 0 Å². The zero-order valence-corrected chi connectivity index (χ0v) is 5.76. The maximum atomic E-state index is 9.82. The van der Waals surface area contributed by atoms with Crippen LogP contribution >= 0.6 is 15.9 Å². The molecule has 0 aromatic rings. The highest BCUT2D eigenvalue weighted by atomic mass is 79.9. The molecular formula is C4H7BrO3. The summed E-state index contributed by atoms with van der Waals surface area (Å²) >= 11 is 2.99. The molecule has 8 heavy (non-hydrogen) atoms. The summed E-state index contributed by atoms with van der Waals surface area (Å²) in [4.78, 5) is 9.82. The van der Waals surface area contributed by atoms with Crippen molar-refractivity contribution in [3.8, 4) is 0 Å². The van der Waals surface area contributed by atoms with Crippen LogP contribution in [0.2, 0.25) is 0 Å². The molecule has 0 fully saturated rings. The first-order valence-electron chi connectivity index (χ1n) is 2.15. The number of hydrogen-bond acceptors (Lipinski definition) is 2. The molecule has 1 atom stereocenters. The van der Waals surface area contributed by atoms with Crippen LogP contribution in [0.4, 0.5) is 0 Å². The van der Waals surface area contributed by atoms with Gasteiger partial charge in [-0.2, -0.15) is 0 Å². The number of carboxylic acid groups (broad SMARTS) is 1. The summed E-state index contributed by atoms with van der Waals surface area (Å²) in [5.41, 5.74) is 0. The van der Waals surface area contributed by atoms with Crippen molar-refractivity contribution < 1.29 is 15.0 Å². The Labute approximate surface area is 55.5 Å². The maximum absolute atomic E-state index is 9.82. The number of hydrogen-bond donors (Lipinski definition) is 2. The van der Waals surface area contributed by atoms with Crippen molar-refractivity contribution in [2.45, 2.75) is 12.5 Å². The van der Waals surface area contributed by atoms with E-state index in [0.29, 0.717) is 5.33 Å². The van der Waals surface area contributed by atoms with Gasteiger partial charge < -0.3 is 10.2 Å². The second-order valence-electron chi connectivity index (χ2n) is 1.33. The third kappa shape index (κ3) is 2.98. The molecule has 4 heteroatoms. The number of aliphatic hydroxyl groups is 1. The third-order valence-corrected chi connectivity index (χ3v) is 1.13. The van der Waals surface area contributed by atoms with E-state index in [1.165, 1.54) is 0 Å². The molecule has 48 valence electrons. The second kappa shape index (κ2) is 3.86. The Kier molecular flexibility index (Phi) is 3.81. The fraction of sp³-hybridized carbons (Fsp3) is 0.750. The third-order valence-electron chi connectivity index (χ3n) is 0.668. The topological polar surface area (TPSA) is 57.5 Å². The van der Waals surface area contributed by atoms with E-state index in [2.05, 4.69) is 15.9 Å². The quantitative estimate of drug-likeness (QED) is 0.615. The molecule has 0 aliphatic carbocycles. The Balaban J connectivity index is 3.32. The van der Waals surface area contributed by atoms with Crippen molar-refractivity contribution in [1.29, 1.82) is 0 Å². The van der Waals surface area contributed by atoms with Crippen molar-refractivity contribution in [2.24, 2.45) is 0 Å². The minimum atomic E-state index is -1.21. The highest BCUT2D eigenvalue weighted by molar-refractivity contribution is 9.09. The average Bonchev–Trinajstić information content (AvgIpc) is 1.67. The van der Waals surface area contributed by atoms with E-state index in [1.807, 2.05) is 0 Å². The molecule has 0 unspecified atom stereocenters. The fourth-order valence-corrected chi connectivity index (χ4v) is 0.660. The van der Waals surface area contributed by atoms with Crippen LogP contribution in [0.3, 0.4) is 0 Å². The molecule has 0 rings (SSSR count). The summed E-state index contributed by atoms with van der Waals surface area (Å²) < 4.78 is 0. The second-order valence-corrected chi connectivity index (χ2v) is 2.12. The Morgan fingerprint density at radius 2 is 2.25 bits per heavy atom. The van der Waals surface area contributed by atoms with Crippen LogP contribution in [0.25, 0.3) is 0 Å². The molecule has 0 amide bonds. The minimum Gasteiger partial charge on any atom is -0.479 e.